The number of carboxylic acid groups (broad SMARTS) is 1. The highest BCUT2D eigenvalue weighted by atomic mass is 16.4. The van der Waals surface area contributed by atoms with Gasteiger partial charge in [-0.15, -0.1) is 0 Å². The number of carboxylic acids is 1. The molecule has 0 saturated heterocycles. The average molecular weight is 244 g/mol. The molecule has 0 fully saturated rings. The molecule has 0 bridgehead atoms. The van der Waals surface area contributed by atoms with Crippen LogP contribution in [0.4, 0.5) is 0 Å². The van der Waals surface area contributed by atoms with Crippen LogP contribution in [0.1, 0.15) is 16.1 Å². The van der Waals surface area contributed by atoms with Gasteiger partial charge in [-0.3, -0.25) is 0 Å². The number of hydrogen-bond acceptors (Lipinski definition) is 5. The summed E-state index contributed by atoms with van der Waals surface area (Å²) in [5.74, 6) is -0.554. The van der Waals surface area contributed by atoms with E-state index in [2.05, 4.69) is 25.0 Å². The van der Waals surface area contributed by atoms with Gasteiger partial charge >= 0.3 is 5.97 Å². The molecule has 0 radical (unpaired) electrons. The molecule has 2 N–H and O–H groups in total. The zero-order chi connectivity index (χ0) is 12.7. The molecule has 0 amide bonds. The zero-order valence-corrected chi connectivity index (χ0v) is 9.32. The van der Waals surface area contributed by atoms with E-state index in [1.807, 2.05) is 0 Å². The molecule has 0 aliphatic heterocycles. The Morgan fingerprint density at radius 2 is 2.22 bits per heavy atom. The smallest absolute Gasteiger partial charge is 0.339 e. The molecule has 3 aromatic heterocycles. The summed E-state index contributed by atoms with van der Waals surface area (Å²) in [5, 5.41) is 13.1. The molecule has 0 unspecified atom stereocenters. The minimum atomic E-state index is -1.02. The first-order chi connectivity index (χ1) is 8.66. The first-order valence-electron chi connectivity index (χ1n) is 5.11. The van der Waals surface area contributed by atoms with E-state index in [1.54, 1.807) is 6.92 Å². The molecule has 0 aliphatic rings. The van der Waals surface area contributed by atoms with Gasteiger partial charge in [0.15, 0.2) is 11.5 Å². The van der Waals surface area contributed by atoms with E-state index >= 15 is 0 Å². The zero-order valence-electron chi connectivity index (χ0n) is 9.32. The molecular formula is C10H8N6O2. The van der Waals surface area contributed by atoms with E-state index in [9.17, 15) is 4.79 Å². The highest BCUT2D eigenvalue weighted by Crippen LogP contribution is 2.15. The summed E-state index contributed by atoms with van der Waals surface area (Å²) in [7, 11) is 0. The van der Waals surface area contributed by atoms with Crippen molar-refractivity contribution in [3.63, 3.8) is 0 Å². The number of nitrogens with zero attached hydrogens (tertiary/aromatic N) is 5. The maximum Gasteiger partial charge on any atom is 0.339 e. The Balaban J connectivity index is 2.23. The van der Waals surface area contributed by atoms with Crippen LogP contribution in [0.2, 0.25) is 0 Å². The number of carbonyl (C=O) groups is 1. The second kappa shape index (κ2) is 3.62. The Labute approximate surface area is 100 Å². The van der Waals surface area contributed by atoms with Gasteiger partial charge in [0.05, 0.1) is 12.0 Å². The Bertz CT molecular complexity index is 744. The monoisotopic (exact) mass is 244 g/mol. The van der Waals surface area contributed by atoms with Crippen LogP contribution in [-0.4, -0.2) is 40.8 Å². The fraction of sp³-hybridized carbons (Fsp3) is 0.100. The summed E-state index contributed by atoms with van der Waals surface area (Å²) in [5.41, 5.74) is 1.68. The van der Waals surface area contributed by atoms with Gasteiger partial charge in [-0.25, -0.2) is 24.4 Å². The second-order valence-corrected chi connectivity index (χ2v) is 3.68. The summed E-state index contributed by atoms with van der Waals surface area (Å²) in [6, 6.07) is 0. The van der Waals surface area contributed by atoms with Crippen LogP contribution in [0, 0.1) is 6.92 Å². The number of aromatic carboxylic acids is 1. The molecule has 0 atom stereocenters. The number of imidazole rings is 1. The maximum absolute atomic E-state index is 11.0. The van der Waals surface area contributed by atoms with Crippen LogP contribution >= 0.6 is 0 Å². The predicted octanol–water partition coefficient (Wildman–Crippen LogP) is 0.545. The van der Waals surface area contributed by atoms with Gasteiger partial charge < -0.3 is 10.1 Å². The number of aromatic amines is 1. The van der Waals surface area contributed by atoms with Gasteiger partial charge in [0.2, 0.25) is 0 Å². The number of rotatable bonds is 2. The minimum absolute atomic E-state index is 0.140. The van der Waals surface area contributed by atoms with Gasteiger partial charge in [-0.1, -0.05) is 0 Å². The van der Waals surface area contributed by atoms with Crippen molar-refractivity contribution in [2.24, 2.45) is 0 Å². The Morgan fingerprint density at radius 1 is 1.39 bits per heavy atom. The van der Waals surface area contributed by atoms with E-state index < -0.39 is 5.97 Å². The van der Waals surface area contributed by atoms with Crippen LogP contribution in [0.15, 0.2) is 18.9 Å². The molecule has 3 rings (SSSR count). The Morgan fingerprint density at radius 3 is 2.94 bits per heavy atom. The number of fused-ring (bicyclic) bond motifs is 1. The van der Waals surface area contributed by atoms with E-state index in [1.165, 1.54) is 23.5 Å². The van der Waals surface area contributed by atoms with Crippen LogP contribution in [-0.2, 0) is 0 Å². The molecule has 0 aliphatic carbocycles. The van der Waals surface area contributed by atoms with Crippen LogP contribution < -0.4 is 0 Å². The molecule has 8 heteroatoms. The van der Waals surface area contributed by atoms with Crippen LogP contribution in [0.3, 0.4) is 0 Å². The van der Waals surface area contributed by atoms with E-state index in [-0.39, 0.29) is 5.56 Å². The third-order valence-corrected chi connectivity index (χ3v) is 2.55. The Hall–Kier alpha value is -2.77. The van der Waals surface area contributed by atoms with E-state index in [4.69, 9.17) is 5.11 Å². The van der Waals surface area contributed by atoms with Crippen molar-refractivity contribution in [1.29, 1.82) is 0 Å². The van der Waals surface area contributed by atoms with Crippen molar-refractivity contribution in [2.75, 3.05) is 0 Å². The van der Waals surface area contributed by atoms with Crippen molar-refractivity contribution in [2.45, 2.75) is 6.92 Å². The molecule has 3 aromatic rings. The van der Waals surface area contributed by atoms with Crippen molar-refractivity contribution < 1.29 is 9.90 Å². The summed E-state index contributed by atoms with van der Waals surface area (Å²) >= 11 is 0. The van der Waals surface area contributed by atoms with Crippen molar-refractivity contribution in [3.05, 3.63) is 30.1 Å². The number of aromatic nitrogens is 6. The normalized spacial score (nSPS) is 10.9. The molecule has 0 saturated carbocycles. The molecule has 8 nitrogen and oxygen atoms in total. The standard InChI is InChI=1S/C10H8N6O2/c1-5-6(10(17)18)2-16(15-5)9-7-8(12-3-11-7)13-4-14-9/h2-4H,1H3,(H,17,18)(H,11,12,13,14). The SMILES string of the molecule is Cc1nn(-c2ncnc3nc[nH]c23)cc1C(=O)O. The van der Waals surface area contributed by atoms with Gasteiger partial charge in [-0.2, -0.15) is 5.10 Å². The van der Waals surface area contributed by atoms with Crippen molar-refractivity contribution in [1.82, 2.24) is 29.7 Å². The van der Waals surface area contributed by atoms with E-state index in [0.717, 1.165) is 0 Å². The van der Waals surface area contributed by atoms with Crippen molar-refractivity contribution in [3.8, 4) is 5.82 Å². The third-order valence-electron chi connectivity index (χ3n) is 2.55. The summed E-state index contributed by atoms with van der Waals surface area (Å²) in [4.78, 5) is 25.9. The third kappa shape index (κ3) is 1.43. The summed E-state index contributed by atoms with van der Waals surface area (Å²) in [6.45, 7) is 1.63. The molecule has 90 valence electrons. The van der Waals surface area contributed by atoms with Gasteiger partial charge in [-0.05, 0) is 6.92 Å². The fourth-order valence-electron chi connectivity index (χ4n) is 1.70. The van der Waals surface area contributed by atoms with Gasteiger partial charge in [0, 0.05) is 6.20 Å². The number of nitrogens with one attached hydrogen (secondary N) is 1. The Kier molecular flexibility index (Phi) is 2.09. The molecule has 0 aromatic carbocycles. The fourth-order valence-corrected chi connectivity index (χ4v) is 1.70. The van der Waals surface area contributed by atoms with Gasteiger partial charge in [0.25, 0.3) is 0 Å². The highest BCUT2D eigenvalue weighted by Gasteiger charge is 2.15. The highest BCUT2D eigenvalue weighted by molar-refractivity contribution is 5.88. The lowest BCUT2D eigenvalue weighted by molar-refractivity contribution is 0.0696. The summed E-state index contributed by atoms with van der Waals surface area (Å²) in [6.07, 6.45) is 4.27. The molecule has 0 spiro atoms. The number of aryl methyl sites for hydroxylation is 1. The lowest BCUT2D eigenvalue weighted by Crippen LogP contribution is -2.00. The predicted molar refractivity (Wildman–Crippen MR) is 60.5 cm³/mol. The summed E-state index contributed by atoms with van der Waals surface area (Å²) < 4.78 is 1.40. The first-order valence-corrected chi connectivity index (χ1v) is 5.11. The molecular weight excluding hydrogens is 236 g/mol. The topological polar surface area (TPSA) is 110 Å². The first kappa shape index (κ1) is 10.4. The lowest BCUT2D eigenvalue weighted by Gasteiger charge is -1.99. The largest absolute Gasteiger partial charge is 0.478 e. The van der Waals surface area contributed by atoms with Crippen LogP contribution in [0.25, 0.3) is 17.0 Å². The number of hydrogen-bond donors (Lipinski definition) is 2. The van der Waals surface area contributed by atoms with Gasteiger partial charge in [0.1, 0.15) is 17.4 Å². The average Bonchev–Trinajstić information content (AvgIpc) is 2.94. The molecule has 3 heterocycles. The molecule has 18 heavy (non-hydrogen) atoms. The number of H-pyrrole nitrogens is 1. The van der Waals surface area contributed by atoms with E-state index in [0.29, 0.717) is 22.7 Å². The maximum atomic E-state index is 11.0. The lowest BCUT2D eigenvalue weighted by atomic mass is 10.3. The quantitative estimate of drug-likeness (QED) is 0.681. The van der Waals surface area contributed by atoms with Crippen LogP contribution in [0.5, 0.6) is 0 Å². The van der Waals surface area contributed by atoms with Crippen molar-refractivity contribution >= 4 is 17.1 Å². The minimum Gasteiger partial charge on any atom is -0.478 e. The second-order valence-electron chi connectivity index (χ2n) is 3.68.